The number of fused-ring (bicyclic) bond motifs is 2. The smallest absolute Gasteiger partial charge is 0.257 e. The van der Waals surface area contributed by atoms with Crippen LogP contribution in [-0.2, 0) is 23.0 Å². The number of aromatic nitrogens is 2. The van der Waals surface area contributed by atoms with Gasteiger partial charge in [-0.05, 0) is 50.8 Å². The maximum atomic E-state index is 13.4. The summed E-state index contributed by atoms with van der Waals surface area (Å²) in [7, 11) is 1.90. The first kappa shape index (κ1) is 27.2. The van der Waals surface area contributed by atoms with Crippen LogP contribution in [0.25, 0.3) is 0 Å². The van der Waals surface area contributed by atoms with E-state index < -0.39 is 0 Å². The van der Waals surface area contributed by atoms with Gasteiger partial charge < -0.3 is 19.3 Å². The van der Waals surface area contributed by atoms with Gasteiger partial charge in [0.1, 0.15) is 18.0 Å². The number of hydrogen-bond acceptors (Lipinski definition) is 5. The molecule has 1 saturated heterocycles. The van der Waals surface area contributed by atoms with Crippen LogP contribution in [-0.4, -0.2) is 76.4 Å². The first-order chi connectivity index (χ1) is 18.0. The second kappa shape index (κ2) is 13.1. The number of para-hydroxylation sites is 1. The molecule has 2 aliphatic heterocycles. The van der Waals surface area contributed by atoms with Gasteiger partial charge in [0.15, 0.2) is 0 Å². The number of carbonyl (C=O) groups is 2. The third-order valence-electron chi connectivity index (χ3n) is 7.51. The van der Waals surface area contributed by atoms with Crippen molar-refractivity contribution in [3.8, 4) is 5.75 Å². The molecular formula is C29H42N4O4. The molecule has 0 saturated carbocycles. The van der Waals surface area contributed by atoms with E-state index in [4.69, 9.17) is 9.47 Å². The Balaban J connectivity index is 1.49. The largest absolute Gasteiger partial charge is 0.485 e. The van der Waals surface area contributed by atoms with Gasteiger partial charge in [0, 0.05) is 39.4 Å². The lowest BCUT2D eigenvalue weighted by Gasteiger charge is -2.25. The van der Waals surface area contributed by atoms with Crippen LogP contribution in [0.3, 0.4) is 0 Å². The van der Waals surface area contributed by atoms with E-state index in [0.29, 0.717) is 50.4 Å². The highest BCUT2D eigenvalue weighted by atomic mass is 16.5. The molecule has 0 aliphatic carbocycles. The quantitative estimate of drug-likeness (QED) is 0.618. The Hall–Kier alpha value is -2.87. The van der Waals surface area contributed by atoms with Gasteiger partial charge in [-0.15, -0.1) is 0 Å². The SMILES string of the molecule is CCN1CCCCCCCCO[C@@H]2CN(C(=O)CCc3cn(C)nc3C)C[C@H]2Oc2ccccc2C1=O. The summed E-state index contributed by atoms with van der Waals surface area (Å²) in [4.78, 5) is 30.4. The third kappa shape index (κ3) is 7.12. The minimum absolute atomic E-state index is 0.000400. The highest BCUT2D eigenvalue weighted by molar-refractivity contribution is 5.97. The molecule has 0 bridgehead atoms. The van der Waals surface area contributed by atoms with Crippen molar-refractivity contribution >= 4 is 11.8 Å². The van der Waals surface area contributed by atoms with Gasteiger partial charge in [0.2, 0.25) is 5.91 Å². The number of hydrogen-bond donors (Lipinski definition) is 0. The molecule has 2 atom stereocenters. The fourth-order valence-electron chi connectivity index (χ4n) is 5.34. The summed E-state index contributed by atoms with van der Waals surface area (Å²) in [6, 6.07) is 7.47. The van der Waals surface area contributed by atoms with Gasteiger partial charge in [0.25, 0.3) is 5.91 Å². The van der Waals surface area contributed by atoms with Gasteiger partial charge in [0.05, 0.1) is 24.3 Å². The Kier molecular flexibility index (Phi) is 9.61. The molecular weight excluding hydrogens is 468 g/mol. The minimum Gasteiger partial charge on any atom is -0.485 e. The Morgan fingerprint density at radius 2 is 1.78 bits per heavy atom. The molecule has 1 aromatic heterocycles. The number of carbonyl (C=O) groups excluding carboxylic acids is 2. The lowest BCUT2D eigenvalue weighted by atomic mass is 10.1. The van der Waals surface area contributed by atoms with Crippen molar-refractivity contribution in [1.82, 2.24) is 19.6 Å². The Bertz CT molecular complexity index is 1050. The fourth-order valence-corrected chi connectivity index (χ4v) is 5.34. The topological polar surface area (TPSA) is 76.9 Å². The second-order valence-electron chi connectivity index (χ2n) is 10.3. The number of likely N-dealkylation sites (tertiary alicyclic amines) is 1. The lowest BCUT2D eigenvalue weighted by Crippen LogP contribution is -2.35. The fraction of sp³-hybridized carbons (Fsp3) is 0.621. The predicted molar refractivity (Wildman–Crippen MR) is 143 cm³/mol. The van der Waals surface area contributed by atoms with Crippen LogP contribution in [0.4, 0.5) is 0 Å². The van der Waals surface area contributed by atoms with E-state index in [1.807, 2.05) is 61.2 Å². The van der Waals surface area contributed by atoms with Crippen molar-refractivity contribution < 1.29 is 19.1 Å². The van der Waals surface area contributed by atoms with Gasteiger partial charge in [-0.2, -0.15) is 5.10 Å². The van der Waals surface area contributed by atoms with E-state index in [2.05, 4.69) is 5.10 Å². The van der Waals surface area contributed by atoms with Gasteiger partial charge in [-0.3, -0.25) is 14.3 Å². The van der Waals surface area contributed by atoms with E-state index >= 15 is 0 Å². The summed E-state index contributed by atoms with van der Waals surface area (Å²) in [6.45, 7) is 7.05. The van der Waals surface area contributed by atoms with Crippen LogP contribution < -0.4 is 4.74 Å². The molecule has 3 heterocycles. The zero-order chi connectivity index (χ0) is 26.2. The first-order valence-electron chi connectivity index (χ1n) is 13.9. The molecule has 4 rings (SSSR count). The second-order valence-corrected chi connectivity index (χ2v) is 10.3. The molecule has 8 nitrogen and oxygen atoms in total. The van der Waals surface area contributed by atoms with Crippen molar-refractivity contribution in [2.24, 2.45) is 7.05 Å². The lowest BCUT2D eigenvalue weighted by molar-refractivity contribution is -0.130. The van der Waals surface area contributed by atoms with Crippen molar-refractivity contribution in [1.29, 1.82) is 0 Å². The molecule has 2 aliphatic rings. The standard InChI is InChI=1S/C29H42N4O4/c1-4-32-17-11-7-5-6-8-12-18-36-26-20-33(28(34)16-15-23-19-31(3)30-22(23)2)21-27(26)37-25-14-10-9-13-24(25)29(32)35/h9-10,13-14,19,26-27H,4-8,11-12,15-18,20-21H2,1-3H3/t26-,27-/m1/s1. The molecule has 0 radical (unpaired) electrons. The monoisotopic (exact) mass is 510 g/mol. The molecule has 2 aromatic rings. The summed E-state index contributed by atoms with van der Waals surface area (Å²) >= 11 is 0. The van der Waals surface area contributed by atoms with E-state index in [1.54, 1.807) is 4.68 Å². The van der Waals surface area contributed by atoms with Crippen LogP contribution in [0.1, 0.15) is 73.5 Å². The zero-order valence-corrected chi connectivity index (χ0v) is 22.7. The van der Waals surface area contributed by atoms with Crippen LogP contribution in [0.2, 0.25) is 0 Å². The maximum Gasteiger partial charge on any atom is 0.257 e. The van der Waals surface area contributed by atoms with E-state index in [0.717, 1.165) is 43.5 Å². The molecule has 1 fully saturated rings. The molecule has 0 spiro atoms. The average molecular weight is 511 g/mol. The van der Waals surface area contributed by atoms with Crippen LogP contribution in [0, 0.1) is 6.92 Å². The number of ether oxygens (including phenoxy) is 2. The zero-order valence-electron chi connectivity index (χ0n) is 22.7. The number of rotatable bonds is 4. The van der Waals surface area contributed by atoms with Crippen molar-refractivity contribution in [3.05, 3.63) is 47.3 Å². The summed E-state index contributed by atoms with van der Waals surface area (Å²) in [5, 5.41) is 4.38. The molecule has 8 heteroatoms. The molecule has 0 N–H and O–H groups in total. The predicted octanol–water partition coefficient (Wildman–Crippen LogP) is 4.15. The molecule has 1 aromatic carbocycles. The maximum absolute atomic E-state index is 13.4. The summed E-state index contributed by atoms with van der Waals surface area (Å²) in [5.74, 6) is 0.660. The van der Waals surface area contributed by atoms with Gasteiger partial charge in [-0.25, -0.2) is 0 Å². The summed E-state index contributed by atoms with van der Waals surface area (Å²) in [6.07, 6.45) is 9.16. The molecule has 0 unspecified atom stereocenters. The van der Waals surface area contributed by atoms with Crippen LogP contribution >= 0.6 is 0 Å². The van der Waals surface area contributed by atoms with E-state index in [-0.39, 0.29) is 24.0 Å². The van der Waals surface area contributed by atoms with Gasteiger partial charge >= 0.3 is 0 Å². The van der Waals surface area contributed by atoms with E-state index in [1.165, 1.54) is 12.8 Å². The van der Waals surface area contributed by atoms with Crippen LogP contribution in [0.5, 0.6) is 5.75 Å². The van der Waals surface area contributed by atoms with Crippen LogP contribution in [0.15, 0.2) is 30.5 Å². The number of amides is 2. The summed E-state index contributed by atoms with van der Waals surface area (Å²) < 4.78 is 14.5. The first-order valence-corrected chi connectivity index (χ1v) is 13.9. The number of benzene rings is 1. The normalized spacial score (nSPS) is 21.9. The van der Waals surface area contributed by atoms with Crippen molar-refractivity contribution in [2.45, 2.75) is 77.4 Å². The van der Waals surface area contributed by atoms with Crippen molar-refractivity contribution in [3.63, 3.8) is 0 Å². The Morgan fingerprint density at radius 1 is 1.05 bits per heavy atom. The molecule has 37 heavy (non-hydrogen) atoms. The van der Waals surface area contributed by atoms with Gasteiger partial charge in [-0.1, -0.05) is 37.8 Å². The molecule has 202 valence electrons. The third-order valence-corrected chi connectivity index (χ3v) is 7.51. The van der Waals surface area contributed by atoms with Crippen molar-refractivity contribution in [2.75, 3.05) is 32.8 Å². The molecule has 2 amide bonds. The Labute approximate surface area is 220 Å². The average Bonchev–Trinajstić information content (AvgIpc) is 3.44. The highest BCUT2D eigenvalue weighted by Crippen LogP contribution is 2.27. The van der Waals surface area contributed by atoms with E-state index in [9.17, 15) is 9.59 Å². The summed E-state index contributed by atoms with van der Waals surface area (Å²) in [5.41, 5.74) is 2.64. The highest BCUT2D eigenvalue weighted by Gasteiger charge is 2.38. The number of nitrogens with zero attached hydrogens (tertiary/aromatic N) is 4. The Morgan fingerprint density at radius 3 is 2.54 bits per heavy atom. The number of aryl methyl sites for hydroxylation is 3. The minimum atomic E-state index is -0.319.